The lowest BCUT2D eigenvalue weighted by atomic mass is 9.98. The van der Waals surface area contributed by atoms with Gasteiger partial charge in [-0.2, -0.15) is 0 Å². The van der Waals surface area contributed by atoms with Crippen molar-refractivity contribution in [3.8, 4) is 0 Å². The standard InChI is InChI=1S/C41H53N7O7/c1-28-19-21-31(22-20-28)46-41(43)44-23-11-18-33(42)38(51)45-26-36(49)47-34(25-37(50)55-32-16-9-4-10-17-32)39(52)48-35(24-29-12-5-2-6-13-29)40(53)54-27-30-14-7-3-8-15-30/h2-3,5-8,12-15,19-22,32-35H,4,9-11,16-18,23-27,42H2,1H3,(H,45,51)(H,47,49)(H,48,52)(H3,43,44,46)/t33-,34-,35-/m0/s1. The summed E-state index contributed by atoms with van der Waals surface area (Å²) in [6.45, 7) is 1.79. The predicted molar refractivity (Wildman–Crippen MR) is 209 cm³/mol. The fraction of sp³-hybridized carbons (Fsp3) is 0.415. The van der Waals surface area contributed by atoms with Crippen LogP contribution in [-0.4, -0.2) is 72.9 Å². The average Bonchev–Trinajstić information content (AvgIpc) is 3.19. The van der Waals surface area contributed by atoms with Gasteiger partial charge < -0.3 is 42.2 Å². The number of benzene rings is 3. The molecule has 8 N–H and O–H groups in total. The highest BCUT2D eigenvalue weighted by molar-refractivity contribution is 5.95. The molecular weight excluding hydrogens is 702 g/mol. The Hall–Kier alpha value is -5.76. The molecule has 3 aromatic carbocycles. The van der Waals surface area contributed by atoms with E-state index >= 15 is 0 Å². The third-order valence-corrected chi connectivity index (χ3v) is 9.02. The molecule has 0 spiro atoms. The molecule has 14 heteroatoms. The van der Waals surface area contributed by atoms with Crippen LogP contribution in [0.1, 0.15) is 68.1 Å². The fourth-order valence-corrected chi connectivity index (χ4v) is 5.95. The lowest BCUT2D eigenvalue weighted by Crippen LogP contribution is -2.55. The Bertz CT molecular complexity index is 1720. The molecule has 0 aliphatic heterocycles. The van der Waals surface area contributed by atoms with Gasteiger partial charge in [0.15, 0.2) is 5.96 Å². The molecule has 0 bridgehead atoms. The number of nitrogens with one attached hydrogen (secondary N) is 4. The number of aryl methyl sites for hydroxylation is 1. The molecule has 0 radical (unpaired) electrons. The number of hydrogen-bond acceptors (Lipinski definition) is 9. The Labute approximate surface area is 322 Å². The highest BCUT2D eigenvalue weighted by atomic mass is 16.5. The number of anilines is 1. The highest BCUT2D eigenvalue weighted by Crippen LogP contribution is 2.21. The van der Waals surface area contributed by atoms with Gasteiger partial charge in [0.05, 0.1) is 19.0 Å². The van der Waals surface area contributed by atoms with Crippen molar-refractivity contribution in [2.24, 2.45) is 16.5 Å². The molecule has 3 atom stereocenters. The van der Waals surface area contributed by atoms with Gasteiger partial charge in [-0.05, 0) is 68.7 Å². The van der Waals surface area contributed by atoms with Gasteiger partial charge in [0, 0.05) is 18.7 Å². The second-order valence-electron chi connectivity index (χ2n) is 13.6. The zero-order valence-corrected chi connectivity index (χ0v) is 31.3. The molecule has 0 aromatic heterocycles. The topological polar surface area (TPSA) is 216 Å². The maximum absolute atomic E-state index is 13.8. The Morgan fingerprint density at radius 3 is 2.15 bits per heavy atom. The summed E-state index contributed by atoms with van der Waals surface area (Å²) in [6.07, 6.45) is 4.43. The number of carbonyl (C=O) groups excluding carboxylic acids is 5. The number of amides is 3. The van der Waals surface area contributed by atoms with Crippen molar-refractivity contribution in [3.05, 3.63) is 102 Å². The molecule has 0 saturated heterocycles. The number of esters is 2. The van der Waals surface area contributed by atoms with E-state index in [1.54, 1.807) is 0 Å². The number of carbonyl (C=O) groups is 5. The fourth-order valence-electron chi connectivity index (χ4n) is 5.95. The minimum atomic E-state index is -1.41. The minimum Gasteiger partial charge on any atom is -0.462 e. The first-order valence-corrected chi connectivity index (χ1v) is 18.8. The SMILES string of the molecule is Cc1ccc(NC(N)=NCCC[C@H](N)C(=O)NCC(=O)N[C@@H](CC(=O)OC2CCCCC2)C(=O)N[C@@H](Cc2ccccc2)C(=O)OCc2ccccc2)cc1. The van der Waals surface area contributed by atoms with Gasteiger partial charge in [-0.1, -0.05) is 84.8 Å². The molecule has 1 saturated carbocycles. The van der Waals surface area contributed by atoms with Crippen molar-refractivity contribution in [3.63, 3.8) is 0 Å². The van der Waals surface area contributed by atoms with Crippen LogP contribution in [-0.2, 0) is 46.5 Å². The van der Waals surface area contributed by atoms with Crippen LogP contribution in [0.3, 0.4) is 0 Å². The van der Waals surface area contributed by atoms with Gasteiger partial charge in [-0.25, -0.2) is 4.79 Å². The van der Waals surface area contributed by atoms with Gasteiger partial charge in [0.1, 0.15) is 24.8 Å². The average molecular weight is 756 g/mol. The van der Waals surface area contributed by atoms with Crippen molar-refractivity contribution in [1.82, 2.24) is 16.0 Å². The van der Waals surface area contributed by atoms with Gasteiger partial charge in [-0.15, -0.1) is 0 Å². The van der Waals surface area contributed by atoms with E-state index in [1.807, 2.05) is 91.9 Å². The Morgan fingerprint density at radius 2 is 1.47 bits per heavy atom. The molecular formula is C41H53N7O7. The molecule has 294 valence electrons. The molecule has 1 aliphatic carbocycles. The van der Waals surface area contributed by atoms with Gasteiger partial charge in [-0.3, -0.25) is 24.2 Å². The molecule has 0 heterocycles. The van der Waals surface area contributed by atoms with E-state index in [4.69, 9.17) is 20.9 Å². The second-order valence-corrected chi connectivity index (χ2v) is 13.6. The van der Waals surface area contributed by atoms with Crippen LogP contribution < -0.4 is 32.7 Å². The van der Waals surface area contributed by atoms with Crippen molar-refractivity contribution >= 4 is 41.3 Å². The maximum Gasteiger partial charge on any atom is 0.329 e. The normalized spacial score (nSPS) is 14.8. The van der Waals surface area contributed by atoms with E-state index in [9.17, 15) is 24.0 Å². The first-order chi connectivity index (χ1) is 26.5. The van der Waals surface area contributed by atoms with Crippen molar-refractivity contribution in [2.45, 2.75) is 95.5 Å². The van der Waals surface area contributed by atoms with Crippen LogP contribution in [0.15, 0.2) is 89.9 Å². The molecule has 1 fully saturated rings. The minimum absolute atomic E-state index is 0.0109. The van der Waals surface area contributed by atoms with E-state index in [2.05, 4.69) is 26.3 Å². The van der Waals surface area contributed by atoms with Crippen molar-refractivity contribution in [1.29, 1.82) is 0 Å². The monoisotopic (exact) mass is 755 g/mol. The molecule has 3 aromatic rings. The van der Waals surface area contributed by atoms with Gasteiger partial charge in [0.2, 0.25) is 17.7 Å². The van der Waals surface area contributed by atoms with Crippen molar-refractivity contribution in [2.75, 3.05) is 18.4 Å². The van der Waals surface area contributed by atoms with Crippen LogP contribution in [0.4, 0.5) is 5.69 Å². The summed E-state index contributed by atoms with van der Waals surface area (Å²) < 4.78 is 11.2. The Balaban J connectivity index is 1.33. The Kier molecular flexibility index (Phi) is 17.1. The molecule has 3 amide bonds. The summed E-state index contributed by atoms with van der Waals surface area (Å²) >= 11 is 0. The zero-order chi connectivity index (χ0) is 39.4. The van der Waals surface area contributed by atoms with Gasteiger partial charge in [0.25, 0.3) is 0 Å². The second kappa shape index (κ2) is 22.5. The molecule has 14 nitrogen and oxygen atoms in total. The Morgan fingerprint density at radius 1 is 0.818 bits per heavy atom. The number of guanidine groups is 1. The summed E-state index contributed by atoms with van der Waals surface area (Å²) in [4.78, 5) is 70.3. The zero-order valence-electron chi connectivity index (χ0n) is 31.3. The number of nitrogens with zero attached hydrogens (tertiary/aromatic N) is 1. The first kappa shape index (κ1) is 42.0. The number of hydrogen-bond donors (Lipinski definition) is 6. The first-order valence-electron chi connectivity index (χ1n) is 18.8. The molecule has 4 rings (SSSR count). The quantitative estimate of drug-likeness (QED) is 0.0455. The maximum atomic E-state index is 13.8. The number of ether oxygens (including phenoxy) is 2. The van der Waals surface area contributed by atoms with E-state index in [1.165, 1.54) is 0 Å². The summed E-state index contributed by atoms with van der Waals surface area (Å²) in [5.74, 6) is -3.22. The number of rotatable bonds is 19. The summed E-state index contributed by atoms with van der Waals surface area (Å²) in [5.41, 5.74) is 15.5. The summed E-state index contributed by atoms with van der Waals surface area (Å²) in [5, 5.41) is 10.7. The smallest absolute Gasteiger partial charge is 0.329 e. The summed E-state index contributed by atoms with van der Waals surface area (Å²) in [6, 6.07) is 22.4. The van der Waals surface area contributed by atoms with Crippen molar-refractivity contribution < 1.29 is 33.4 Å². The van der Waals surface area contributed by atoms with E-state index < -0.39 is 60.8 Å². The molecule has 0 unspecified atom stereocenters. The number of aliphatic imine (C=N–C) groups is 1. The van der Waals surface area contributed by atoms with E-state index in [0.717, 1.165) is 54.5 Å². The lowest BCUT2D eigenvalue weighted by Gasteiger charge is -2.25. The summed E-state index contributed by atoms with van der Waals surface area (Å²) in [7, 11) is 0. The van der Waals surface area contributed by atoms with Crippen LogP contribution >= 0.6 is 0 Å². The van der Waals surface area contributed by atoms with Gasteiger partial charge >= 0.3 is 11.9 Å². The third kappa shape index (κ3) is 15.6. The highest BCUT2D eigenvalue weighted by Gasteiger charge is 2.31. The number of nitrogens with two attached hydrogens (primary N) is 2. The van der Waals surface area contributed by atoms with E-state index in [0.29, 0.717) is 13.0 Å². The van der Waals surface area contributed by atoms with Crippen LogP contribution in [0.25, 0.3) is 0 Å². The van der Waals surface area contributed by atoms with Crippen LogP contribution in [0, 0.1) is 6.92 Å². The molecule has 1 aliphatic rings. The lowest BCUT2D eigenvalue weighted by molar-refractivity contribution is -0.153. The third-order valence-electron chi connectivity index (χ3n) is 9.02. The van der Waals surface area contributed by atoms with Crippen LogP contribution in [0.2, 0.25) is 0 Å². The predicted octanol–water partition coefficient (Wildman–Crippen LogP) is 3.17. The largest absolute Gasteiger partial charge is 0.462 e. The van der Waals surface area contributed by atoms with E-state index in [-0.39, 0.29) is 31.5 Å². The molecule has 55 heavy (non-hydrogen) atoms. The van der Waals surface area contributed by atoms with Crippen LogP contribution in [0.5, 0.6) is 0 Å².